The van der Waals surface area contributed by atoms with Gasteiger partial charge in [0.2, 0.25) is 0 Å². The topological polar surface area (TPSA) is 95.1 Å². The fourth-order valence-corrected chi connectivity index (χ4v) is 4.22. The van der Waals surface area contributed by atoms with Gasteiger partial charge in [-0.2, -0.15) is 5.10 Å². The van der Waals surface area contributed by atoms with E-state index in [0.29, 0.717) is 17.6 Å². The minimum Gasteiger partial charge on any atom is -0.483 e. The Morgan fingerprint density at radius 3 is 2.93 bits per heavy atom. The number of nitrogens with zero attached hydrogens (tertiary/aromatic N) is 5. The maximum absolute atomic E-state index is 8.36. The molecule has 0 amide bonds. The van der Waals surface area contributed by atoms with Gasteiger partial charge < -0.3 is 14.4 Å². The van der Waals surface area contributed by atoms with Gasteiger partial charge in [-0.15, -0.1) is 0 Å². The first kappa shape index (κ1) is 20.3. The molecular formula is C21H22ClN5O3. The van der Waals surface area contributed by atoms with E-state index < -0.39 is 0 Å². The quantitative estimate of drug-likeness (QED) is 0.498. The molecule has 0 spiro atoms. The second-order valence-corrected chi connectivity index (χ2v) is 7.66. The Balaban J connectivity index is 0.000000687. The van der Waals surface area contributed by atoms with Crippen LogP contribution in [0, 0.1) is 0 Å². The van der Waals surface area contributed by atoms with Crippen molar-refractivity contribution >= 4 is 40.0 Å². The highest BCUT2D eigenvalue weighted by atomic mass is 35.5. The molecule has 1 fully saturated rings. The number of carboxylic acid groups (broad SMARTS) is 1. The smallest absolute Gasteiger partial charge is 0.290 e. The zero-order valence-corrected chi connectivity index (χ0v) is 17.2. The summed E-state index contributed by atoms with van der Waals surface area (Å²) in [5.41, 5.74) is 2.92. The predicted octanol–water partition coefficient (Wildman–Crippen LogP) is 3.92. The average molecular weight is 428 g/mol. The summed E-state index contributed by atoms with van der Waals surface area (Å²) in [4.78, 5) is 17.9. The van der Waals surface area contributed by atoms with E-state index in [0.717, 1.165) is 47.2 Å². The van der Waals surface area contributed by atoms with E-state index in [1.54, 1.807) is 6.20 Å². The number of hydrogen-bond acceptors (Lipinski definition) is 5. The number of rotatable bonds is 3. The lowest BCUT2D eigenvalue weighted by Gasteiger charge is -2.30. The Kier molecular flexibility index (Phi) is 5.96. The molecule has 8 nitrogen and oxygen atoms in total. The van der Waals surface area contributed by atoms with E-state index in [1.165, 1.54) is 0 Å². The largest absolute Gasteiger partial charge is 0.483 e. The molecule has 4 aromatic rings. The number of aromatic nitrogens is 5. The van der Waals surface area contributed by atoms with Crippen molar-refractivity contribution in [1.29, 1.82) is 0 Å². The van der Waals surface area contributed by atoms with Gasteiger partial charge in [0, 0.05) is 35.5 Å². The Morgan fingerprint density at radius 2 is 2.20 bits per heavy atom. The van der Waals surface area contributed by atoms with Gasteiger partial charge in [0.25, 0.3) is 6.47 Å². The first-order chi connectivity index (χ1) is 14.6. The summed E-state index contributed by atoms with van der Waals surface area (Å²) in [7, 11) is 0. The van der Waals surface area contributed by atoms with Crippen LogP contribution in [-0.2, 0) is 16.1 Å². The van der Waals surface area contributed by atoms with E-state index >= 15 is 0 Å². The molecule has 1 aliphatic rings. The van der Waals surface area contributed by atoms with E-state index in [4.69, 9.17) is 31.2 Å². The Labute approximate surface area is 178 Å². The molecule has 3 aromatic heterocycles. The van der Waals surface area contributed by atoms with Gasteiger partial charge >= 0.3 is 0 Å². The average Bonchev–Trinajstić information content (AvgIpc) is 3.36. The third kappa shape index (κ3) is 4.01. The van der Waals surface area contributed by atoms with Crippen LogP contribution in [0.5, 0.6) is 0 Å². The molecule has 9 heteroatoms. The predicted molar refractivity (Wildman–Crippen MR) is 114 cm³/mol. The van der Waals surface area contributed by atoms with E-state index in [9.17, 15) is 0 Å². The third-order valence-electron chi connectivity index (χ3n) is 5.24. The minimum absolute atomic E-state index is 0.232. The van der Waals surface area contributed by atoms with Crippen LogP contribution in [0.15, 0.2) is 42.9 Å². The maximum Gasteiger partial charge on any atom is 0.290 e. The Morgan fingerprint density at radius 1 is 1.37 bits per heavy atom. The zero-order valence-electron chi connectivity index (χ0n) is 16.5. The molecule has 156 valence electrons. The molecule has 1 saturated heterocycles. The Hall–Kier alpha value is -2.97. The molecule has 0 unspecified atom stereocenters. The summed E-state index contributed by atoms with van der Waals surface area (Å²) >= 11 is 6.31. The van der Waals surface area contributed by atoms with E-state index in [1.807, 2.05) is 41.3 Å². The molecule has 0 saturated carbocycles. The summed E-state index contributed by atoms with van der Waals surface area (Å²) in [6.07, 6.45) is 7.77. The van der Waals surface area contributed by atoms with Crippen LogP contribution in [-0.4, -0.2) is 48.6 Å². The van der Waals surface area contributed by atoms with E-state index in [-0.39, 0.29) is 12.6 Å². The molecule has 5 rings (SSSR count). The van der Waals surface area contributed by atoms with Gasteiger partial charge in [-0.3, -0.25) is 14.5 Å². The molecule has 1 aliphatic heterocycles. The second kappa shape index (κ2) is 8.81. The maximum atomic E-state index is 8.36. The molecule has 0 radical (unpaired) electrons. The summed E-state index contributed by atoms with van der Waals surface area (Å²) < 4.78 is 10.1. The number of pyridine rings is 1. The number of benzene rings is 1. The molecule has 2 atom stereocenters. The molecule has 4 heterocycles. The first-order valence-corrected chi connectivity index (χ1v) is 10.1. The molecular weight excluding hydrogens is 406 g/mol. The van der Waals surface area contributed by atoms with Crippen LogP contribution in [0.4, 0.5) is 0 Å². The monoisotopic (exact) mass is 427 g/mol. The van der Waals surface area contributed by atoms with Crippen LogP contribution in [0.3, 0.4) is 0 Å². The number of imidazole rings is 1. The third-order valence-corrected chi connectivity index (χ3v) is 5.47. The molecule has 1 N–H and O–H groups in total. The highest BCUT2D eigenvalue weighted by Crippen LogP contribution is 2.34. The van der Waals surface area contributed by atoms with Crippen molar-refractivity contribution in [3.8, 4) is 0 Å². The van der Waals surface area contributed by atoms with Crippen molar-refractivity contribution in [1.82, 2.24) is 24.3 Å². The van der Waals surface area contributed by atoms with Crippen molar-refractivity contribution in [3.63, 3.8) is 0 Å². The van der Waals surface area contributed by atoms with Crippen LogP contribution < -0.4 is 0 Å². The van der Waals surface area contributed by atoms with Gasteiger partial charge in [0.15, 0.2) is 0 Å². The minimum atomic E-state index is -0.250. The van der Waals surface area contributed by atoms with Crippen LogP contribution in [0.1, 0.15) is 31.6 Å². The summed E-state index contributed by atoms with van der Waals surface area (Å²) in [5.74, 6) is 0.988. The normalized spacial score (nSPS) is 18.9. The Bertz CT molecular complexity index is 1160. The van der Waals surface area contributed by atoms with Crippen LogP contribution >= 0.6 is 11.6 Å². The zero-order chi connectivity index (χ0) is 21.1. The second-order valence-electron chi connectivity index (χ2n) is 7.22. The molecule has 0 aliphatic carbocycles. The van der Waals surface area contributed by atoms with Crippen LogP contribution in [0.25, 0.3) is 21.9 Å². The van der Waals surface area contributed by atoms with Gasteiger partial charge in [0.1, 0.15) is 11.3 Å². The van der Waals surface area contributed by atoms with Crippen molar-refractivity contribution in [2.45, 2.75) is 38.5 Å². The van der Waals surface area contributed by atoms with Crippen LogP contribution in [0.2, 0.25) is 5.02 Å². The number of halogens is 1. The summed E-state index contributed by atoms with van der Waals surface area (Å²) in [6.45, 7) is 3.26. The van der Waals surface area contributed by atoms with Crippen molar-refractivity contribution < 1.29 is 14.6 Å². The van der Waals surface area contributed by atoms with Gasteiger partial charge in [-0.1, -0.05) is 11.6 Å². The lowest BCUT2D eigenvalue weighted by molar-refractivity contribution is -0.122. The fraction of sp³-hybridized carbons (Fsp3) is 0.333. The lowest BCUT2D eigenvalue weighted by atomic mass is 10.0. The highest BCUT2D eigenvalue weighted by Gasteiger charge is 2.26. The molecule has 0 bridgehead atoms. The van der Waals surface area contributed by atoms with Crippen molar-refractivity contribution in [3.05, 3.63) is 53.7 Å². The fourth-order valence-electron chi connectivity index (χ4n) is 4.05. The number of hydrogen-bond donors (Lipinski definition) is 1. The number of carbonyl (C=O) groups is 1. The standard InChI is InChI=1S/C20H20ClN5O.CH2O2/c1-13-9-15(5-8-27-13)26-19(12-25-7-2-6-23-25)24-18-11-22-17-4-3-14(21)10-16(17)20(18)26;2-1-3/h2-4,6-7,10-11,13,15H,5,8-9,12H2,1H3;1H,(H,2,3)/t13-,15-;/m1./s1. The highest BCUT2D eigenvalue weighted by molar-refractivity contribution is 6.31. The van der Waals surface area contributed by atoms with Crippen molar-refractivity contribution in [2.24, 2.45) is 0 Å². The number of ether oxygens (including phenoxy) is 1. The van der Waals surface area contributed by atoms with Gasteiger partial charge in [-0.05, 0) is 44.0 Å². The van der Waals surface area contributed by atoms with Crippen molar-refractivity contribution in [2.75, 3.05) is 6.61 Å². The first-order valence-electron chi connectivity index (χ1n) is 9.72. The summed E-state index contributed by atoms with van der Waals surface area (Å²) in [6, 6.07) is 8.10. The summed E-state index contributed by atoms with van der Waals surface area (Å²) in [5, 5.41) is 13.0. The SMILES string of the molecule is C[C@@H]1C[C@H](n2c(Cn3cccn3)nc3cnc4ccc(Cl)cc4c32)CCO1.O=CO. The van der Waals surface area contributed by atoms with Gasteiger partial charge in [-0.25, -0.2) is 4.98 Å². The van der Waals surface area contributed by atoms with E-state index in [2.05, 4.69) is 21.6 Å². The molecule has 30 heavy (non-hydrogen) atoms. The van der Waals surface area contributed by atoms with Gasteiger partial charge in [0.05, 0.1) is 29.9 Å². The molecule has 1 aromatic carbocycles. The number of fused-ring (bicyclic) bond motifs is 3. The lowest BCUT2D eigenvalue weighted by Crippen LogP contribution is -2.27.